The molecule has 0 radical (unpaired) electrons. The lowest BCUT2D eigenvalue weighted by Gasteiger charge is -2.21. The van der Waals surface area contributed by atoms with Gasteiger partial charge in [0.1, 0.15) is 12.1 Å². The molecule has 2 saturated heterocycles. The van der Waals surface area contributed by atoms with Gasteiger partial charge >= 0.3 is 6.09 Å². The number of ether oxygens (including phenoxy) is 1. The summed E-state index contributed by atoms with van der Waals surface area (Å²) in [5, 5.41) is 0. The molecule has 0 saturated carbocycles. The smallest absolute Gasteiger partial charge is 0.410 e. The fraction of sp³-hybridized carbons (Fsp3) is 0.333. The number of aromatic nitrogens is 2. The molecule has 8 nitrogen and oxygen atoms in total. The van der Waals surface area contributed by atoms with Gasteiger partial charge in [-0.25, -0.2) is 14.8 Å². The number of rotatable bonds is 2. The Bertz CT molecular complexity index is 869. The second kappa shape index (κ2) is 5.98. The Morgan fingerprint density at radius 3 is 2.65 bits per heavy atom. The first kappa shape index (κ1) is 16.3. The molecule has 8 heteroatoms. The summed E-state index contributed by atoms with van der Waals surface area (Å²) in [4.78, 5) is 35.8. The van der Waals surface area contributed by atoms with Crippen LogP contribution >= 0.6 is 0 Å². The Labute approximate surface area is 150 Å². The van der Waals surface area contributed by atoms with Crippen LogP contribution in [0.4, 0.5) is 10.6 Å². The van der Waals surface area contributed by atoms with Crippen molar-refractivity contribution in [3.63, 3.8) is 0 Å². The Hall–Kier alpha value is -3.16. The van der Waals surface area contributed by atoms with Crippen LogP contribution < -0.4 is 5.73 Å². The third kappa shape index (κ3) is 2.83. The molecule has 0 bridgehead atoms. The lowest BCUT2D eigenvalue weighted by atomic mass is 10.0. The number of likely N-dealkylation sites (tertiary alicyclic amines) is 1. The summed E-state index contributed by atoms with van der Waals surface area (Å²) in [5.41, 5.74) is 7.27. The van der Waals surface area contributed by atoms with E-state index in [2.05, 4.69) is 9.97 Å². The number of carbonyl (C=O) groups excluding carboxylic acids is 2. The lowest BCUT2D eigenvalue weighted by molar-refractivity contribution is 0.0553. The second-order valence-electron chi connectivity index (χ2n) is 6.79. The lowest BCUT2D eigenvalue weighted by Crippen LogP contribution is -2.39. The molecular weight excluding hydrogens is 334 g/mol. The van der Waals surface area contributed by atoms with E-state index in [9.17, 15) is 9.59 Å². The van der Waals surface area contributed by atoms with Gasteiger partial charge < -0.3 is 20.3 Å². The van der Waals surface area contributed by atoms with E-state index in [1.54, 1.807) is 35.0 Å². The highest BCUT2D eigenvalue weighted by Gasteiger charge is 2.49. The maximum absolute atomic E-state index is 12.8. The zero-order chi connectivity index (χ0) is 18.3. The first-order valence-electron chi connectivity index (χ1n) is 8.37. The summed E-state index contributed by atoms with van der Waals surface area (Å²) in [6, 6.07) is 8.90. The number of benzene rings is 1. The molecule has 2 fully saturated rings. The monoisotopic (exact) mass is 353 g/mol. The third-order valence-corrected chi connectivity index (χ3v) is 4.86. The highest BCUT2D eigenvalue weighted by Crippen LogP contribution is 2.32. The van der Waals surface area contributed by atoms with Crippen molar-refractivity contribution in [3.05, 3.63) is 42.2 Å². The molecular formula is C18H19N5O3. The molecule has 1 atom stereocenters. The number of carbonyl (C=O) groups is 2. The van der Waals surface area contributed by atoms with Crippen LogP contribution in [-0.4, -0.2) is 64.1 Å². The number of nitrogens with zero attached hydrogens (tertiary/aromatic N) is 4. The van der Waals surface area contributed by atoms with Crippen LogP contribution in [0.25, 0.3) is 11.3 Å². The molecule has 2 amide bonds. The van der Waals surface area contributed by atoms with Gasteiger partial charge in [0, 0.05) is 37.2 Å². The average Bonchev–Trinajstić information content (AvgIpc) is 3.17. The van der Waals surface area contributed by atoms with Gasteiger partial charge in [-0.2, -0.15) is 0 Å². The number of anilines is 1. The molecule has 0 aliphatic carbocycles. The van der Waals surface area contributed by atoms with E-state index in [0.717, 1.165) is 5.56 Å². The molecule has 2 aliphatic rings. The minimum atomic E-state index is -0.570. The van der Waals surface area contributed by atoms with E-state index in [1.807, 2.05) is 12.1 Å². The van der Waals surface area contributed by atoms with E-state index in [-0.39, 0.29) is 12.0 Å². The first-order valence-corrected chi connectivity index (χ1v) is 8.37. The fourth-order valence-electron chi connectivity index (χ4n) is 3.52. The summed E-state index contributed by atoms with van der Waals surface area (Å²) in [5.74, 6) is 0.329. The van der Waals surface area contributed by atoms with Crippen molar-refractivity contribution in [2.24, 2.45) is 0 Å². The molecule has 1 aromatic carbocycles. The minimum absolute atomic E-state index is 0.0683. The number of nitrogen functional groups attached to an aromatic ring is 1. The Balaban J connectivity index is 1.48. The van der Waals surface area contributed by atoms with Gasteiger partial charge in [-0.1, -0.05) is 12.1 Å². The van der Waals surface area contributed by atoms with Crippen LogP contribution in [0.2, 0.25) is 0 Å². The van der Waals surface area contributed by atoms with Gasteiger partial charge in [-0.3, -0.25) is 4.79 Å². The highest BCUT2D eigenvalue weighted by atomic mass is 16.6. The van der Waals surface area contributed by atoms with Crippen molar-refractivity contribution in [1.82, 2.24) is 19.8 Å². The number of nitrogens with two attached hydrogens (primary N) is 1. The molecule has 4 rings (SSSR count). The number of likely N-dealkylation sites (N-methyl/N-ethyl adjacent to an activating group) is 1. The van der Waals surface area contributed by atoms with Gasteiger partial charge in [-0.05, 0) is 12.1 Å². The molecule has 26 heavy (non-hydrogen) atoms. The Morgan fingerprint density at radius 2 is 2.00 bits per heavy atom. The molecule has 3 heterocycles. The summed E-state index contributed by atoms with van der Waals surface area (Å²) in [7, 11) is 1.71. The third-order valence-electron chi connectivity index (χ3n) is 4.86. The van der Waals surface area contributed by atoms with Crippen molar-refractivity contribution >= 4 is 17.8 Å². The normalized spacial score (nSPS) is 22.1. The van der Waals surface area contributed by atoms with Gasteiger partial charge in [0.15, 0.2) is 5.60 Å². The van der Waals surface area contributed by atoms with Crippen LogP contribution in [0, 0.1) is 0 Å². The van der Waals surface area contributed by atoms with Gasteiger partial charge in [0.2, 0.25) is 0 Å². The zero-order valence-electron chi connectivity index (χ0n) is 14.4. The van der Waals surface area contributed by atoms with Gasteiger partial charge in [0.05, 0.1) is 18.8 Å². The fourth-order valence-corrected chi connectivity index (χ4v) is 3.52. The van der Waals surface area contributed by atoms with Gasteiger partial charge in [0.25, 0.3) is 5.91 Å². The predicted molar refractivity (Wildman–Crippen MR) is 94.2 cm³/mol. The summed E-state index contributed by atoms with van der Waals surface area (Å²) >= 11 is 0. The molecule has 2 N–H and O–H groups in total. The first-order chi connectivity index (χ1) is 12.5. The van der Waals surface area contributed by atoms with Crippen molar-refractivity contribution < 1.29 is 14.3 Å². The van der Waals surface area contributed by atoms with Crippen LogP contribution in [0.3, 0.4) is 0 Å². The predicted octanol–water partition coefficient (Wildman–Crippen LogP) is 1.39. The summed E-state index contributed by atoms with van der Waals surface area (Å²) in [6.45, 7) is 1.51. The number of hydrogen-bond acceptors (Lipinski definition) is 6. The second-order valence-corrected chi connectivity index (χ2v) is 6.79. The molecule has 1 spiro atoms. The highest BCUT2D eigenvalue weighted by molar-refractivity contribution is 5.95. The van der Waals surface area contributed by atoms with Crippen LogP contribution in [0.5, 0.6) is 0 Å². The van der Waals surface area contributed by atoms with E-state index in [4.69, 9.17) is 10.5 Å². The summed E-state index contributed by atoms with van der Waals surface area (Å²) < 4.78 is 5.49. The number of hydrogen-bond donors (Lipinski definition) is 1. The van der Waals surface area contributed by atoms with E-state index >= 15 is 0 Å². The Morgan fingerprint density at radius 1 is 1.23 bits per heavy atom. The maximum atomic E-state index is 12.8. The standard InChI is InChI=1S/C18H19N5O3/c1-22-9-18(26-17(22)25)6-7-23(10-18)16(24)13-4-2-12(3-5-13)14-8-15(19)21-11-20-14/h2-5,8,11H,6-7,9-10H2,1H3,(H2,19,20,21)/t18-/m0/s1. The molecule has 1 aromatic heterocycles. The van der Waals surface area contributed by atoms with Crippen molar-refractivity contribution in [3.8, 4) is 11.3 Å². The Kier molecular flexibility index (Phi) is 3.75. The van der Waals surface area contributed by atoms with Crippen LogP contribution in [0.15, 0.2) is 36.7 Å². The largest absolute Gasteiger partial charge is 0.439 e. The topological polar surface area (TPSA) is 102 Å². The van der Waals surface area contributed by atoms with Crippen LogP contribution in [0.1, 0.15) is 16.8 Å². The van der Waals surface area contributed by atoms with E-state index in [1.165, 1.54) is 6.33 Å². The quantitative estimate of drug-likeness (QED) is 0.875. The molecule has 2 aliphatic heterocycles. The minimum Gasteiger partial charge on any atom is -0.439 e. The molecule has 134 valence electrons. The number of amides is 2. The van der Waals surface area contributed by atoms with E-state index in [0.29, 0.717) is 43.1 Å². The SMILES string of the molecule is CN1C[C@]2(CCN(C(=O)c3ccc(-c4cc(N)ncn4)cc3)C2)OC1=O. The molecule has 0 unspecified atom stereocenters. The average molecular weight is 353 g/mol. The van der Waals surface area contributed by atoms with Gasteiger partial charge in [-0.15, -0.1) is 0 Å². The van der Waals surface area contributed by atoms with Crippen LogP contribution in [-0.2, 0) is 4.74 Å². The molecule has 2 aromatic rings. The van der Waals surface area contributed by atoms with Crippen molar-refractivity contribution in [2.45, 2.75) is 12.0 Å². The van der Waals surface area contributed by atoms with E-state index < -0.39 is 5.60 Å². The maximum Gasteiger partial charge on any atom is 0.410 e. The summed E-state index contributed by atoms with van der Waals surface area (Å²) in [6.07, 6.45) is 1.74. The van der Waals surface area contributed by atoms with Crippen molar-refractivity contribution in [1.29, 1.82) is 0 Å². The van der Waals surface area contributed by atoms with Crippen molar-refractivity contribution in [2.75, 3.05) is 32.4 Å². The zero-order valence-corrected chi connectivity index (χ0v) is 14.4.